The largest absolute Gasteiger partial charge is 0.350 e. The van der Waals surface area contributed by atoms with Gasteiger partial charge in [0, 0.05) is 22.6 Å². The van der Waals surface area contributed by atoms with Crippen molar-refractivity contribution >= 4 is 28.9 Å². The quantitative estimate of drug-likeness (QED) is 0.678. The number of benzene rings is 3. The number of fused-ring (bicyclic) bond motifs is 3. The summed E-state index contributed by atoms with van der Waals surface area (Å²) >= 11 is 0. The van der Waals surface area contributed by atoms with Crippen LogP contribution in [0.3, 0.4) is 0 Å². The minimum atomic E-state index is -1.45. The lowest BCUT2D eigenvalue weighted by molar-refractivity contribution is -0.119. The van der Waals surface area contributed by atoms with Gasteiger partial charge >= 0.3 is 0 Å². The van der Waals surface area contributed by atoms with Gasteiger partial charge in [-0.1, -0.05) is 23.8 Å². The molecule has 3 aromatic carbocycles. The first-order valence-electron chi connectivity index (χ1n) is 8.90. The topological polar surface area (TPSA) is 61.4 Å². The maximum atomic E-state index is 13.5. The predicted octanol–water partition coefficient (Wildman–Crippen LogP) is 4.01. The van der Waals surface area contributed by atoms with Crippen LogP contribution in [0.4, 0.5) is 21.5 Å². The minimum absolute atomic E-state index is 0.328. The minimum Gasteiger partial charge on any atom is -0.350 e. The fourth-order valence-corrected chi connectivity index (χ4v) is 3.95. The van der Waals surface area contributed by atoms with Gasteiger partial charge in [-0.05, 0) is 55.5 Å². The molecule has 6 heteroatoms. The summed E-state index contributed by atoms with van der Waals surface area (Å²) in [6.45, 7) is 1.93. The molecule has 0 aliphatic carbocycles. The molecule has 0 bridgehead atoms. The summed E-state index contributed by atoms with van der Waals surface area (Å²) in [4.78, 5) is 28.2. The molecule has 1 unspecified atom stereocenters. The van der Waals surface area contributed by atoms with Crippen molar-refractivity contribution in [1.82, 2.24) is 0 Å². The van der Waals surface area contributed by atoms with E-state index in [1.165, 1.54) is 29.2 Å². The molecule has 2 N–H and O–H groups in total. The zero-order chi connectivity index (χ0) is 19.5. The molecule has 28 heavy (non-hydrogen) atoms. The average Bonchev–Trinajstić information content (AvgIpc) is 2.95. The second kappa shape index (κ2) is 5.66. The van der Waals surface area contributed by atoms with Crippen LogP contribution in [0.1, 0.15) is 21.5 Å². The summed E-state index contributed by atoms with van der Waals surface area (Å²) in [5, 5.41) is 6.18. The van der Waals surface area contributed by atoms with Gasteiger partial charge in [0.15, 0.2) is 0 Å². The highest BCUT2D eigenvalue weighted by Gasteiger charge is 2.57. The molecule has 5 rings (SSSR count). The van der Waals surface area contributed by atoms with Gasteiger partial charge in [0.05, 0.1) is 5.56 Å². The van der Waals surface area contributed by atoms with Gasteiger partial charge in [0.25, 0.3) is 11.8 Å². The lowest BCUT2D eigenvalue weighted by Crippen LogP contribution is -2.61. The lowest BCUT2D eigenvalue weighted by atomic mass is 9.91. The smallest absolute Gasteiger partial charge is 0.276 e. The van der Waals surface area contributed by atoms with Crippen molar-refractivity contribution in [2.45, 2.75) is 12.6 Å². The molecule has 1 spiro atoms. The fraction of sp³-hybridized carbons (Fsp3) is 0.0909. The number of hydrogen-bond acceptors (Lipinski definition) is 3. The Kier molecular flexibility index (Phi) is 3.34. The number of nitrogens with zero attached hydrogens (tertiary/aromatic N) is 1. The van der Waals surface area contributed by atoms with Crippen LogP contribution in [0.2, 0.25) is 0 Å². The molecule has 138 valence electrons. The maximum absolute atomic E-state index is 13.5. The van der Waals surface area contributed by atoms with Crippen LogP contribution in [0, 0.1) is 12.7 Å². The van der Waals surface area contributed by atoms with Crippen LogP contribution in [-0.4, -0.2) is 11.8 Å². The Morgan fingerprint density at radius 2 is 1.68 bits per heavy atom. The molecule has 0 saturated heterocycles. The van der Waals surface area contributed by atoms with E-state index in [0.29, 0.717) is 28.2 Å². The predicted molar refractivity (Wildman–Crippen MR) is 105 cm³/mol. The van der Waals surface area contributed by atoms with Crippen LogP contribution < -0.4 is 15.5 Å². The number of carbonyl (C=O) groups is 2. The van der Waals surface area contributed by atoms with Crippen molar-refractivity contribution in [2.75, 3.05) is 15.5 Å². The van der Waals surface area contributed by atoms with Gasteiger partial charge < -0.3 is 10.6 Å². The number of carbonyl (C=O) groups excluding carboxylic acids is 2. The average molecular weight is 373 g/mol. The third-order valence-electron chi connectivity index (χ3n) is 5.24. The highest BCUT2D eigenvalue weighted by Crippen LogP contribution is 2.47. The Morgan fingerprint density at radius 1 is 0.929 bits per heavy atom. The Labute approximate surface area is 160 Å². The van der Waals surface area contributed by atoms with Gasteiger partial charge in [-0.15, -0.1) is 0 Å². The third kappa shape index (κ3) is 2.11. The van der Waals surface area contributed by atoms with E-state index >= 15 is 0 Å². The molecule has 2 aliphatic rings. The monoisotopic (exact) mass is 373 g/mol. The highest BCUT2D eigenvalue weighted by molar-refractivity contribution is 6.21. The van der Waals surface area contributed by atoms with Crippen molar-refractivity contribution in [3.63, 3.8) is 0 Å². The molecule has 5 nitrogen and oxygen atoms in total. The summed E-state index contributed by atoms with van der Waals surface area (Å²) in [5.41, 5.74) is 2.26. The number of anilines is 3. The second-order valence-corrected chi connectivity index (χ2v) is 7.00. The molecule has 0 fully saturated rings. The number of amides is 2. The molecule has 2 amide bonds. The van der Waals surface area contributed by atoms with Gasteiger partial charge in [-0.2, -0.15) is 0 Å². The number of hydrogen-bond donors (Lipinski definition) is 2. The van der Waals surface area contributed by atoms with Crippen LogP contribution >= 0.6 is 0 Å². The number of para-hydroxylation sites is 1. The SMILES string of the molecule is Cc1ccc2c(c1)C1(Nc3ccccc3C(=O)N1c1ccc(F)cc1)C(=O)N2. The standard InChI is InChI=1S/C22H16FN3O2/c1-13-6-11-19-17(12-13)22(21(28)24-19)25-18-5-3-2-4-16(18)20(27)26(22)15-9-7-14(23)8-10-15/h2-12,25H,1H3,(H,24,28). The van der Waals surface area contributed by atoms with E-state index in [1.54, 1.807) is 18.2 Å². The summed E-state index contributed by atoms with van der Waals surface area (Å²) in [7, 11) is 0. The van der Waals surface area contributed by atoms with E-state index in [1.807, 2.05) is 31.2 Å². The Bertz CT molecular complexity index is 1140. The zero-order valence-electron chi connectivity index (χ0n) is 15.0. The molecule has 2 heterocycles. The van der Waals surface area contributed by atoms with Crippen LogP contribution in [0.5, 0.6) is 0 Å². The van der Waals surface area contributed by atoms with Crippen LogP contribution in [-0.2, 0) is 10.5 Å². The Balaban J connectivity index is 1.82. The molecule has 1 atom stereocenters. The molecular formula is C22H16FN3O2. The van der Waals surface area contributed by atoms with E-state index in [9.17, 15) is 14.0 Å². The number of halogens is 1. The first-order valence-corrected chi connectivity index (χ1v) is 8.90. The van der Waals surface area contributed by atoms with Gasteiger partial charge in [0.2, 0.25) is 5.66 Å². The molecule has 3 aromatic rings. The summed E-state index contributed by atoms with van der Waals surface area (Å²) in [5.74, 6) is -1.10. The molecule has 0 radical (unpaired) electrons. The van der Waals surface area contributed by atoms with Crippen molar-refractivity contribution < 1.29 is 14.0 Å². The van der Waals surface area contributed by atoms with Gasteiger partial charge in [-0.3, -0.25) is 14.5 Å². The number of aryl methyl sites for hydroxylation is 1. The first-order chi connectivity index (χ1) is 13.5. The van der Waals surface area contributed by atoms with Gasteiger partial charge in [-0.25, -0.2) is 4.39 Å². The van der Waals surface area contributed by atoms with Crippen LogP contribution in [0.15, 0.2) is 66.7 Å². The molecule has 2 aliphatic heterocycles. The van der Waals surface area contributed by atoms with Crippen molar-refractivity contribution in [3.05, 3.63) is 89.2 Å². The zero-order valence-corrected chi connectivity index (χ0v) is 15.0. The number of nitrogens with one attached hydrogen (secondary N) is 2. The van der Waals surface area contributed by atoms with Gasteiger partial charge in [0.1, 0.15) is 5.82 Å². The van der Waals surface area contributed by atoms with Crippen molar-refractivity contribution in [2.24, 2.45) is 0 Å². The molecular weight excluding hydrogens is 357 g/mol. The van der Waals surface area contributed by atoms with E-state index in [4.69, 9.17) is 0 Å². The highest BCUT2D eigenvalue weighted by atomic mass is 19.1. The maximum Gasteiger partial charge on any atom is 0.276 e. The lowest BCUT2D eigenvalue weighted by Gasteiger charge is -2.44. The summed E-state index contributed by atoms with van der Waals surface area (Å²) in [6, 6.07) is 18.2. The van der Waals surface area contributed by atoms with E-state index in [-0.39, 0.29) is 11.8 Å². The third-order valence-corrected chi connectivity index (χ3v) is 5.24. The Hall–Kier alpha value is -3.67. The fourth-order valence-electron chi connectivity index (χ4n) is 3.95. The second-order valence-electron chi connectivity index (χ2n) is 7.00. The van der Waals surface area contributed by atoms with Crippen molar-refractivity contribution in [3.8, 4) is 0 Å². The van der Waals surface area contributed by atoms with E-state index in [0.717, 1.165) is 5.56 Å². The molecule has 0 saturated carbocycles. The van der Waals surface area contributed by atoms with Crippen molar-refractivity contribution in [1.29, 1.82) is 0 Å². The summed E-state index contributed by atoms with van der Waals surface area (Å²) in [6.07, 6.45) is 0. The Morgan fingerprint density at radius 3 is 2.46 bits per heavy atom. The van der Waals surface area contributed by atoms with E-state index in [2.05, 4.69) is 10.6 Å². The normalized spacial score (nSPS) is 19.9. The van der Waals surface area contributed by atoms with Crippen LogP contribution in [0.25, 0.3) is 0 Å². The van der Waals surface area contributed by atoms with E-state index < -0.39 is 11.5 Å². The first kappa shape index (κ1) is 16.5. The number of rotatable bonds is 1. The summed E-state index contributed by atoms with van der Waals surface area (Å²) < 4.78 is 13.5. The molecule has 0 aromatic heterocycles.